The summed E-state index contributed by atoms with van der Waals surface area (Å²) in [6, 6.07) is 0.904. The van der Waals surface area contributed by atoms with Gasteiger partial charge in [-0.05, 0) is 13.0 Å². The van der Waals surface area contributed by atoms with E-state index in [-0.39, 0.29) is 11.6 Å². The zero-order valence-corrected chi connectivity index (χ0v) is 11.1. The predicted octanol–water partition coefficient (Wildman–Crippen LogP) is 3.90. The summed E-state index contributed by atoms with van der Waals surface area (Å²) < 4.78 is 36.5. The summed E-state index contributed by atoms with van der Waals surface area (Å²) in [6.07, 6.45) is -4.42. The van der Waals surface area contributed by atoms with Gasteiger partial charge in [0.05, 0.1) is 0 Å². The Labute approximate surface area is 100 Å². The maximum absolute atomic E-state index is 12.2. The van der Waals surface area contributed by atoms with E-state index < -0.39 is 11.9 Å². The normalized spacial score (nSPS) is 9.47. The molecule has 100 valence electrons. The summed E-state index contributed by atoms with van der Waals surface area (Å²) in [5.41, 5.74) is -0.643. The highest BCUT2D eigenvalue weighted by Crippen LogP contribution is 2.28. The van der Waals surface area contributed by atoms with Crippen molar-refractivity contribution >= 4 is 5.95 Å². The number of aryl methyl sites for hydroxylation is 1. The number of nitrogens with one attached hydrogen (secondary N) is 1. The fourth-order valence-electron chi connectivity index (χ4n) is 0.826. The molecule has 0 saturated carbocycles. The maximum Gasteiger partial charge on any atom is 0.433 e. The van der Waals surface area contributed by atoms with Crippen molar-refractivity contribution in [3.05, 3.63) is 17.5 Å². The van der Waals surface area contributed by atoms with E-state index in [1.165, 1.54) is 14.0 Å². The Morgan fingerprint density at radius 2 is 1.53 bits per heavy atom. The van der Waals surface area contributed by atoms with E-state index in [9.17, 15) is 13.2 Å². The number of rotatable bonds is 1. The van der Waals surface area contributed by atoms with Crippen LogP contribution in [0.1, 0.15) is 39.1 Å². The maximum atomic E-state index is 12.2. The van der Waals surface area contributed by atoms with Crippen LogP contribution in [0.25, 0.3) is 0 Å². The molecule has 0 aliphatic heterocycles. The summed E-state index contributed by atoms with van der Waals surface area (Å²) in [6.45, 7) is 9.48. The molecule has 0 fully saturated rings. The third-order valence-electron chi connectivity index (χ3n) is 1.37. The first-order valence-corrected chi connectivity index (χ1v) is 5.54. The van der Waals surface area contributed by atoms with Crippen LogP contribution in [0.3, 0.4) is 0 Å². The second-order valence-corrected chi connectivity index (χ2v) is 2.47. The molecule has 3 nitrogen and oxygen atoms in total. The molecule has 0 aromatic carbocycles. The van der Waals surface area contributed by atoms with Crippen LogP contribution in [0.2, 0.25) is 0 Å². The molecule has 0 unspecified atom stereocenters. The van der Waals surface area contributed by atoms with Crippen LogP contribution < -0.4 is 5.32 Å². The zero-order chi connectivity index (χ0) is 14.1. The van der Waals surface area contributed by atoms with Gasteiger partial charge in [-0.25, -0.2) is 9.97 Å². The minimum absolute atomic E-state index is 0.0210. The van der Waals surface area contributed by atoms with E-state index in [0.29, 0.717) is 0 Å². The van der Waals surface area contributed by atoms with Gasteiger partial charge < -0.3 is 5.32 Å². The fraction of sp³-hybridized carbons (Fsp3) is 0.636. The minimum Gasteiger partial charge on any atom is -0.357 e. The molecule has 1 N–H and O–H groups in total. The fourth-order valence-corrected chi connectivity index (χ4v) is 0.826. The van der Waals surface area contributed by atoms with Crippen LogP contribution in [0.4, 0.5) is 19.1 Å². The molecule has 0 amide bonds. The van der Waals surface area contributed by atoms with Crippen molar-refractivity contribution in [3.8, 4) is 0 Å². The standard InChI is InChI=1S/C7H8F3N3.2C2H6/c1-4-3-5(7(8,9)10)13-6(11-2)12-4;2*1-2/h3H,1-2H3,(H,11,12,13);2*1-2H3. The second kappa shape index (κ2) is 8.78. The molecule has 0 atom stereocenters. The highest BCUT2D eigenvalue weighted by Gasteiger charge is 2.33. The summed E-state index contributed by atoms with van der Waals surface area (Å²) in [5.74, 6) is -0.0210. The highest BCUT2D eigenvalue weighted by atomic mass is 19.4. The summed E-state index contributed by atoms with van der Waals surface area (Å²) >= 11 is 0. The highest BCUT2D eigenvalue weighted by molar-refractivity contribution is 5.27. The van der Waals surface area contributed by atoms with Gasteiger partial charge in [-0.1, -0.05) is 27.7 Å². The molecule has 1 aromatic heterocycles. The number of hydrogen-bond acceptors (Lipinski definition) is 3. The van der Waals surface area contributed by atoms with Gasteiger partial charge in [-0.15, -0.1) is 0 Å². The molecule has 0 aliphatic rings. The van der Waals surface area contributed by atoms with Crippen molar-refractivity contribution in [1.29, 1.82) is 0 Å². The average molecular weight is 251 g/mol. The van der Waals surface area contributed by atoms with E-state index in [2.05, 4.69) is 15.3 Å². The largest absolute Gasteiger partial charge is 0.433 e. The van der Waals surface area contributed by atoms with E-state index in [0.717, 1.165) is 6.07 Å². The molecular weight excluding hydrogens is 231 g/mol. The van der Waals surface area contributed by atoms with Gasteiger partial charge in [0.15, 0.2) is 0 Å². The first-order chi connectivity index (χ1) is 7.93. The lowest BCUT2D eigenvalue weighted by Gasteiger charge is -2.07. The van der Waals surface area contributed by atoms with Gasteiger partial charge in [0, 0.05) is 12.7 Å². The SMILES string of the molecule is CC.CC.CNc1nc(C)cc(C(F)(F)F)n1. The molecule has 6 heteroatoms. The molecule has 1 rings (SSSR count). The smallest absolute Gasteiger partial charge is 0.357 e. The Hall–Kier alpha value is -1.33. The monoisotopic (exact) mass is 251 g/mol. The summed E-state index contributed by atoms with van der Waals surface area (Å²) in [7, 11) is 1.47. The molecule has 1 aromatic rings. The van der Waals surface area contributed by atoms with Crippen LogP contribution in [0.15, 0.2) is 6.07 Å². The molecule has 0 spiro atoms. The van der Waals surface area contributed by atoms with Crippen molar-refractivity contribution in [2.24, 2.45) is 0 Å². The number of hydrogen-bond donors (Lipinski definition) is 1. The number of nitrogens with zero attached hydrogens (tertiary/aromatic N) is 2. The first-order valence-electron chi connectivity index (χ1n) is 5.54. The van der Waals surface area contributed by atoms with Crippen molar-refractivity contribution in [2.75, 3.05) is 12.4 Å². The van der Waals surface area contributed by atoms with Crippen molar-refractivity contribution < 1.29 is 13.2 Å². The quantitative estimate of drug-likeness (QED) is 0.822. The summed E-state index contributed by atoms with van der Waals surface area (Å²) in [5, 5.41) is 2.46. The van der Waals surface area contributed by atoms with Gasteiger partial charge in [0.25, 0.3) is 0 Å². The number of anilines is 1. The number of aromatic nitrogens is 2. The lowest BCUT2D eigenvalue weighted by atomic mass is 10.3. The van der Waals surface area contributed by atoms with Gasteiger partial charge in [-0.2, -0.15) is 13.2 Å². The Morgan fingerprint density at radius 3 is 1.88 bits per heavy atom. The topological polar surface area (TPSA) is 37.8 Å². The van der Waals surface area contributed by atoms with Crippen LogP contribution in [0, 0.1) is 6.92 Å². The Bertz CT molecular complexity index is 311. The van der Waals surface area contributed by atoms with E-state index in [4.69, 9.17) is 0 Å². The van der Waals surface area contributed by atoms with Crippen molar-refractivity contribution in [3.63, 3.8) is 0 Å². The van der Waals surface area contributed by atoms with Crippen LogP contribution in [-0.2, 0) is 6.18 Å². The van der Waals surface area contributed by atoms with Gasteiger partial charge in [-0.3, -0.25) is 0 Å². The van der Waals surface area contributed by atoms with E-state index >= 15 is 0 Å². The molecule has 0 saturated heterocycles. The molecular formula is C11H20F3N3. The third kappa shape index (κ3) is 6.76. The first kappa shape index (κ1) is 18.0. The third-order valence-corrected chi connectivity index (χ3v) is 1.37. The van der Waals surface area contributed by atoms with Crippen molar-refractivity contribution in [1.82, 2.24) is 9.97 Å². The van der Waals surface area contributed by atoms with Crippen LogP contribution in [-0.4, -0.2) is 17.0 Å². The lowest BCUT2D eigenvalue weighted by molar-refractivity contribution is -0.141. The molecule has 17 heavy (non-hydrogen) atoms. The average Bonchev–Trinajstić information content (AvgIpc) is 2.32. The second-order valence-electron chi connectivity index (χ2n) is 2.47. The Morgan fingerprint density at radius 1 is 1.06 bits per heavy atom. The Kier molecular flexibility index (Phi) is 9.32. The minimum atomic E-state index is -4.42. The molecule has 0 radical (unpaired) electrons. The molecule has 1 heterocycles. The van der Waals surface area contributed by atoms with Gasteiger partial charge in [0.2, 0.25) is 5.95 Å². The predicted molar refractivity (Wildman–Crippen MR) is 64.0 cm³/mol. The van der Waals surface area contributed by atoms with Gasteiger partial charge in [0.1, 0.15) is 5.69 Å². The lowest BCUT2D eigenvalue weighted by Crippen LogP contribution is -2.11. The molecule has 0 bridgehead atoms. The van der Waals surface area contributed by atoms with Gasteiger partial charge >= 0.3 is 6.18 Å². The van der Waals surface area contributed by atoms with Crippen LogP contribution >= 0.6 is 0 Å². The van der Waals surface area contributed by atoms with Crippen molar-refractivity contribution in [2.45, 2.75) is 40.8 Å². The van der Waals surface area contributed by atoms with E-state index in [1.807, 2.05) is 27.7 Å². The molecule has 0 aliphatic carbocycles. The summed E-state index contributed by atoms with van der Waals surface area (Å²) in [4.78, 5) is 7.02. The number of halogens is 3. The number of alkyl halides is 3. The zero-order valence-electron chi connectivity index (χ0n) is 11.1. The van der Waals surface area contributed by atoms with Crippen LogP contribution in [0.5, 0.6) is 0 Å². The Balaban J connectivity index is 0. The van der Waals surface area contributed by atoms with E-state index in [1.54, 1.807) is 0 Å².